The molecule has 1 aromatic carbocycles. The van der Waals surface area contributed by atoms with Crippen LogP contribution in [-0.2, 0) is 4.79 Å². The normalized spacial score (nSPS) is 15.3. The first kappa shape index (κ1) is 15.1. The number of anilines is 1. The van der Waals surface area contributed by atoms with Gasteiger partial charge in [-0.05, 0) is 38.0 Å². The molecule has 2 rings (SSSR count). The third-order valence-corrected chi connectivity index (χ3v) is 3.66. The Hall–Kier alpha value is -1.26. The summed E-state index contributed by atoms with van der Waals surface area (Å²) in [5.41, 5.74) is 0.623. The number of rotatable bonds is 6. The largest absolute Gasteiger partial charge is 0.492 e. The Labute approximate surface area is 124 Å². The van der Waals surface area contributed by atoms with Gasteiger partial charge >= 0.3 is 0 Å². The Kier molecular flexibility index (Phi) is 5.68. The number of halogens is 1. The van der Waals surface area contributed by atoms with Gasteiger partial charge in [0.25, 0.3) is 0 Å². The van der Waals surface area contributed by atoms with Gasteiger partial charge in [-0.25, -0.2) is 0 Å². The quantitative estimate of drug-likeness (QED) is 0.847. The lowest BCUT2D eigenvalue weighted by Gasteiger charge is -2.14. The van der Waals surface area contributed by atoms with E-state index in [-0.39, 0.29) is 5.91 Å². The van der Waals surface area contributed by atoms with E-state index >= 15 is 0 Å². The van der Waals surface area contributed by atoms with E-state index in [4.69, 9.17) is 16.3 Å². The fraction of sp³-hybridized carbons (Fsp3) is 0.533. The van der Waals surface area contributed by atoms with Gasteiger partial charge in [-0.3, -0.25) is 4.79 Å². The molecule has 1 aromatic rings. The molecule has 2 N–H and O–H groups in total. The highest BCUT2D eigenvalue weighted by Crippen LogP contribution is 2.28. The molecule has 0 bridgehead atoms. The van der Waals surface area contributed by atoms with Crippen LogP contribution in [0.3, 0.4) is 0 Å². The maximum Gasteiger partial charge on any atom is 0.238 e. The predicted molar refractivity (Wildman–Crippen MR) is 81.5 cm³/mol. The minimum absolute atomic E-state index is 0.0693. The molecular weight excluding hydrogens is 276 g/mol. The molecule has 1 amide bonds. The van der Waals surface area contributed by atoms with Gasteiger partial charge in [0.2, 0.25) is 5.91 Å². The van der Waals surface area contributed by atoms with E-state index in [1.807, 2.05) is 6.92 Å². The van der Waals surface area contributed by atoms with Crippen molar-refractivity contribution in [1.29, 1.82) is 0 Å². The predicted octanol–water partition coefficient (Wildman–Crippen LogP) is 3.21. The van der Waals surface area contributed by atoms with Crippen LogP contribution in [0.4, 0.5) is 5.69 Å². The van der Waals surface area contributed by atoms with E-state index in [9.17, 15) is 4.79 Å². The van der Waals surface area contributed by atoms with Crippen LogP contribution >= 0.6 is 11.6 Å². The smallest absolute Gasteiger partial charge is 0.238 e. The lowest BCUT2D eigenvalue weighted by molar-refractivity contribution is -0.115. The first-order valence-corrected chi connectivity index (χ1v) is 7.52. The zero-order valence-corrected chi connectivity index (χ0v) is 12.5. The molecule has 0 atom stereocenters. The summed E-state index contributed by atoms with van der Waals surface area (Å²) in [6.45, 7) is 2.77. The number of hydrogen-bond donors (Lipinski definition) is 2. The minimum atomic E-state index is -0.0693. The molecule has 5 heteroatoms. The number of amides is 1. The second kappa shape index (κ2) is 7.50. The molecule has 4 nitrogen and oxygen atoms in total. The van der Waals surface area contributed by atoms with Crippen molar-refractivity contribution in [3.05, 3.63) is 23.2 Å². The van der Waals surface area contributed by atoms with Crippen LogP contribution in [0.2, 0.25) is 5.02 Å². The molecule has 0 saturated heterocycles. The molecule has 1 saturated carbocycles. The maximum atomic E-state index is 12.0. The van der Waals surface area contributed by atoms with Gasteiger partial charge in [-0.15, -0.1) is 0 Å². The number of hydrogen-bond acceptors (Lipinski definition) is 3. The second-order valence-corrected chi connectivity index (χ2v) is 5.42. The zero-order chi connectivity index (χ0) is 14.4. The molecule has 110 valence electrons. The van der Waals surface area contributed by atoms with Crippen molar-refractivity contribution in [2.45, 2.75) is 38.6 Å². The molecule has 20 heavy (non-hydrogen) atoms. The summed E-state index contributed by atoms with van der Waals surface area (Å²) in [5.74, 6) is 0.575. The second-order valence-electron chi connectivity index (χ2n) is 4.98. The van der Waals surface area contributed by atoms with Gasteiger partial charge < -0.3 is 15.4 Å². The molecule has 1 aliphatic carbocycles. The highest BCUT2D eigenvalue weighted by molar-refractivity contribution is 6.31. The molecule has 0 aliphatic heterocycles. The average Bonchev–Trinajstić information content (AvgIpc) is 2.93. The number of ether oxygens (including phenoxy) is 1. The average molecular weight is 297 g/mol. The van der Waals surface area contributed by atoms with E-state index in [0.717, 1.165) is 12.8 Å². The molecule has 1 aliphatic rings. The minimum Gasteiger partial charge on any atom is -0.492 e. The van der Waals surface area contributed by atoms with Crippen molar-refractivity contribution in [2.24, 2.45) is 0 Å². The summed E-state index contributed by atoms with van der Waals surface area (Å²) < 4.78 is 5.48. The van der Waals surface area contributed by atoms with Crippen molar-refractivity contribution in [3.8, 4) is 5.75 Å². The van der Waals surface area contributed by atoms with Gasteiger partial charge in [-0.2, -0.15) is 0 Å². The Morgan fingerprint density at radius 1 is 1.40 bits per heavy atom. The van der Waals surface area contributed by atoms with E-state index in [1.165, 1.54) is 12.8 Å². The van der Waals surface area contributed by atoms with E-state index < -0.39 is 0 Å². The molecular formula is C15H21ClN2O2. The molecule has 0 aromatic heterocycles. The fourth-order valence-electron chi connectivity index (χ4n) is 2.44. The lowest BCUT2D eigenvalue weighted by Crippen LogP contribution is -2.34. The third kappa shape index (κ3) is 4.39. The van der Waals surface area contributed by atoms with E-state index in [2.05, 4.69) is 10.6 Å². The zero-order valence-electron chi connectivity index (χ0n) is 11.7. The van der Waals surface area contributed by atoms with Crippen molar-refractivity contribution >= 4 is 23.2 Å². The Morgan fingerprint density at radius 2 is 2.15 bits per heavy atom. The monoisotopic (exact) mass is 296 g/mol. The van der Waals surface area contributed by atoms with Crippen molar-refractivity contribution in [1.82, 2.24) is 5.32 Å². The molecule has 0 radical (unpaired) electrons. The van der Waals surface area contributed by atoms with Crippen LogP contribution in [-0.4, -0.2) is 25.1 Å². The SMILES string of the molecule is CCOc1ccc(Cl)cc1NC(=O)CNC1CCCC1. The molecule has 0 unspecified atom stereocenters. The molecule has 0 heterocycles. The van der Waals surface area contributed by atoms with Gasteiger partial charge in [0.1, 0.15) is 5.75 Å². The Balaban J connectivity index is 1.90. The fourth-order valence-corrected chi connectivity index (χ4v) is 2.61. The number of nitrogens with one attached hydrogen (secondary N) is 2. The van der Waals surface area contributed by atoms with Crippen LogP contribution in [0.5, 0.6) is 5.75 Å². The summed E-state index contributed by atoms with van der Waals surface area (Å²) in [6.07, 6.45) is 4.83. The summed E-state index contributed by atoms with van der Waals surface area (Å²) in [6, 6.07) is 5.71. The summed E-state index contributed by atoms with van der Waals surface area (Å²) in [5, 5.41) is 6.71. The van der Waals surface area contributed by atoms with Gasteiger partial charge in [-0.1, -0.05) is 24.4 Å². The number of carbonyl (C=O) groups excluding carboxylic acids is 1. The Bertz CT molecular complexity index is 459. The van der Waals surface area contributed by atoms with Gasteiger partial charge in [0.05, 0.1) is 18.8 Å². The third-order valence-electron chi connectivity index (χ3n) is 3.42. The topological polar surface area (TPSA) is 50.4 Å². The maximum absolute atomic E-state index is 12.0. The molecule has 0 spiro atoms. The van der Waals surface area contributed by atoms with E-state index in [0.29, 0.717) is 35.7 Å². The summed E-state index contributed by atoms with van der Waals surface area (Å²) >= 11 is 5.96. The van der Waals surface area contributed by atoms with Crippen LogP contribution in [0.1, 0.15) is 32.6 Å². The number of carbonyl (C=O) groups is 1. The highest BCUT2D eigenvalue weighted by atomic mass is 35.5. The molecule has 1 fully saturated rings. The van der Waals surface area contributed by atoms with Crippen LogP contribution < -0.4 is 15.4 Å². The van der Waals surface area contributed by atoms with Crippen molar-refractivity contribution in [3.63, 3.8) is 0 Å². The van der Waals surface area contributed by atoms with Crippen LogP contribution in [0.15, 0.2) is 18.2 Å². The van der Waals surface area contributed by atoms with Gasteiger partial charge in [0, 0.05) is 11.1 Å². The number of benzene rings is 1. The highest BCUT2D eigenvalue weighted by Gasteiger charge is 2.16. The van der Waals surface area contributed by atoms with Crippen molar-refractivity contribution in [2.75, 3.05) is 18.5 Å². The Morgan fingerprint density at radius 3 is 2.85 bits per heavy atom. The summed E-state index contributed by atoms with van der Waals surface area (Å²) in [7, 11) is 0. The first-order valence-electron chi connectivity index (χ1n) is 7.14. The van der Waals surface area contributed by atoms with Crippen LogP contribution in [0, 0.1) is 0 Å². The van der Waals surface area contributed by atoms with Gasteiger partial charge in [0.15, 0.2) is 0 Å². The van der Waals surface area contributed by atoms with Crippen LogP contribution in [0.25, 0.3) is 0 Å². The van der Waals surface area contributed by atoms with E-state index in [1.54, 1.807) is 18.2 Å². The van der Waals surface area contributed by atoms with Crippen molar-refractivity contribution < 1.29 is 9.53 Å². The first-order chi connectivity index (χ1) is 9.69. The standard InChI is InChI=1S/C15H21ClN2O2/c1-2-20-14-8-7-11(16)9-13(14)18-15(19)10-17-12-5-3-4-6-12/h7-9,12,17H,2-6,10H2,1H3,(H,18,19). The lowest BCUT2D eigenvalue weighted by atomic mass is 10.2. The summed E-state index contributed by atoms with van der Waals surface area (Å²) in [4.78, 5) is 12.0.